The molecule has 0 amide bonds. The van der Waals surface area contributed by atoms with Crippen molar-refractivity contribution in [1.82, 2.24) is 14.5 Å². The van der Waals surface area contributed by atoms with E-state index < -0.39 is 5.41 Å². The van der Waals surface area contributed by atoms with Gasteiger partial charge in [0.2, 0.25) is 0 Å². The molecule has 2 aliphatic rings. The molecule has 9 aromatic carbocycles. The standard InChI is InChI=1S/C59H37N3O2/c1-4-16-38(17-5-1)49-37-50(61-58(60-49)39-28-31-43(32-29-39)62-51-26-14-11-22-44(51)45-23-12-15-27-52(45)62)40-30-34-53-55(36-40)64-57-54(63-53)35-33-48-56(57)46-24-10-13-25-47(46)59(48,41-18-6-2-7-19-41)42-20-8-3-9-21-42/h1-37H. The van der Waals surface area contributed by atoms with Crippen molar-refractivity contribution in [1.29, 1.82) is 0 Å². The summed E-state index contributed by atoms with van der Waals surface area (Å²) in [6, 6.07) is 78.7. The molecule has 0 saturated carbocycles. The van der Waals surface area contributed by atoms with Gasteiger partial charge >= 0.3 is 0 Å². The van der Waals surface area contributed by atoms with E-state index in [1.165, 1.54) is 38.5 Å². The first-order valence-corrected chi connectivity index (χ1v) is 21.6. The monoisotopic (exact) mass is 819 g/mol. The van der Waals surface area contributed by atoms with Crippen LogP contribution in [0.4, 0.5) is 0 Å². The molecule has 0 radical (unpaired) electrons. The molecule has 0 unspecified atom stereocenters. The number of hydrogen-bond acceptors (Lipinski definition) is 4. The molecule has 1 aliphatic heterocycles. The van der Waals surface area contributed by atoms with Crippen LogP contribution in [0.25, 0.3) is 72.5 Å². The van der Waals surface area contributed by atoms with Gasteiger partial charge in [-0.25, -0.2) is 9.97 Å². The van der Waals surface area contributed by atoms with Crippen molar-refractivity contribution >= 4 is 21.8 Å². The number of nitrogens with zero attached hydrogens (tertiary/aromatic N) is 3. The van der Waals surface area contributed by atoms with Crippen LogP contribution in [-0.4, -0.2) is 14.5 Å². The molecule has 0 bridgehead atoms. The van der Waals surface area contributed by atoms with Crippen molar-refractivity contribution in [2.45, 2.75) is 5.41 Å². The Hall–Kier alpha value is -8.54. The lowest BCUT2D eigenvalue weighted by Crippen LogP contribution is -2.28. The number of ether oxygens (including phenoxy) is 2. The number of benzene rings is 9. The van der Waals surface area contributed by atoms with Crippen LogP contribution in [0.15, 0.2) is 224 Å². The Morgan fingerprint density at radius 1 is 0.391 bits per heavy atom. The van der Waals surface area contributed by atoms with Crippen molar-refractivity contribution in [2.24, 2.45) is 0 Å². The van der Waals surface area contributed by atoms with E-state index in [0.717, 1.165) is 50.5 Å². The first kappa shape index (κ1) is 36.1. The predicted molar refractivity (Wildman–Crippen MR) is 257 cm³/mol. The van der Waals surface area contributed by atoms with Gasteiger partial charge in [0.25, 0.3) is 0 Å². The Labute approximate surface area is 370 Å². The van der Waals surface area contributed by atoms with Crippen LogP contribution in [0.3, 0.4) is 0 Å². The highest BCUT2D eigenvalue weighted by molar-refractivity contribution is 6.09. The molecule has 11 aromatic rings. The maximum atomic E-state index is 7.07. The van der Waals surface area contributed by atoms with Crippen molar-refractivity contribution in [3.63, 3.8) is 0 Å². The zero-order valence-electron chi connectivity index (χ0n) is 34.5. The maximum Gasteiger partial charge on any atom is 0.178 e. The molecular formula is C59H37N3O2. The molecular weight excluding hydrogens is 783 g/mol. The molecule has 5 heteroatoms. The Morgan fingerprint density at radius 3 is 1.64 bits per heavy atom. The molecule has 0 atom stereocenters. The largest absolute Gasteiger partial charge is 0.449 e. The van der Waals surface area contributed by atoms with E-state index in [-0.39, 0.29) is 0 Å². The van der Waals surface area contributed by atoms with Gasteiger partial charge in [-0.05, 0) is 94.5 Å². The van der Waals surface area contributed by atoms with Crippen LogP contribution in [0, 0.1) is 0 Å². The minimum atomic E-state index is -0.554. The second-order valence-corrected chi connectivity index (χ2v) is 16.5. The van der Waals surface area contributed by atoms with Gasteiger partial charge in [-0.1, -0.05) is 158 Å². The summed E-state index contributed by atoms with van der Waals surface area (Å²) in [4.78, 5) is 10.4. The Morgan fingerprint density at radius 2 is 0.953 bits per heavy atom. The summed E-state index contributed by atoms with van der Waals surface area (Å²) in [5.74, 6) is 3.31. The van der Waals surface area contributed by atoms with Crippen LogP contribution >= 0.6 is 0 Å². The van der Waals surface area contributed by atoms with Crippen LogP contribution < -0.4 is 9.47 Å². The lowest BCUT2D eigenvalue weighted by molar-refractivity contribution is 0.360. The zero-order chi connectivity index (χ0) is 42.2. The highest BCUT2D eigenvalue weighted by Crippen LogP contribution is 2.62. The number of rotatable bonds is 6. The molecule has 0 fully saturated rings. The SMILES string of the molecule is c1ccc(-c2cc(-c3ccc4c(c3)Oc3c(ccc5c3-c3ccccc3C5(c3ccccc3)c3ccccc3)O4)nc(-c3ccc(-n4c5ccccc5c5ccccc54)cc3)n2)cc1. The average molecular weight is 820 g/mol. The molecule has 13 rings (SSSR count). The second kappa shape index (κ2) is 14.3. The van der Waals surface area contributed by atoms with E-state index in [9.17, 15) is 0 Å². The van der Waals surface area contributed by atoms with Crippen molar-refractivity contribution < 1.29 is 9.47 Å². The number of para-hydroxylation sites is 2. The first-order chi connectivity index (χ1) is 31.7. The van der Waals surface area contributed by atoms with E-state index in [1.807, 2.05) is 30.3 Å². The van der Waals surface area contributed by atoms with E-state index >= 15 is 0 Å². The minimum absolute atomic E-state index is 0.554. The third-order valence-corrected chi connectivity index (χ3v) is 13.0. The summed E-state index contributed by atoms with van der Waals surface area (Å²) >= 11 is 0. The van der Waals surface area contributed by atoms with Gasteiger partial charge in [0.05, 0.1) is 27.8 Å². The number of fused-ring (bicyclic) bond motifs is 9. The Kier molecular flexibility index (Phi) is 8.06. The normalized spacial score (nSPS) is 13.1. The quantitative estimate of drug-likeness (QED) is 0.168. The third kappa shape index (κ3) is 5.44. The fourth-order valence-electron chi connectivity index (χ4n) is 10.2. The smallest absolute Gasteiger partial charge is 0.178 e. The van der Waals surface area contributed by atoms with E-state index in [0.29, 0.717) is 28.8 Å². The summed E-state index contributed by atoms with van der Waals surface area (Å²) in [6.45, 7) is 0. The molecule has 0 N–H and O–H groups in total. The average Bonchev–Trinajstić information content (AvgIpc) is 3.87. The number of hydrogen-bond donors (Lipinski definition) is 0. The van der Waals surface area contributed by atoms with E-state index in [1.54, 1.807) is 0 Å². The van der Waals surface area contributed by atoms with Gasteiger partial charge in [-0.15, -0.1) is 0 Å². The van der Waals surface area contributed by atoms with Crippen LogP contribution in [0.2, 0.25) is 0 Å². The highest BCUT2D eigenvalue weighted by Gasteiger charge is 2.48. The van der Waals surface area contributed by atoms with Gasteiger partial charge in [0, 0.05) is 38.7 Å². The number of aromatic nitrogens is 3. The first-order valence-electron chi connectivity index (χ1n) is 21.6. The van der Waals surface area contributed by atoms with E-state index in [2.05, 4.69) is 199 Å². The van der Waals surface area contributed by atoms with Crippen molar-refractivity contribution in [3.05, 3.63) is 247 Å². The minimum Gasteiger partial charge on any atom is -0.449 e. The molecule has 300 valence electrons. The van der Waals surface area contributed by atoms with Gasteiger partial charge in [0.1, 0.15) is 0 Å². The van der Waals surface area contributed by atoms with Crippen molar-refractivity contribution in [3.8, 4) is 73.7 Å². The van der Waals surface area contributed by atoms with Crippen LogP contribution in [0.5, 0.6) is 23.0 Å². The van der Waals surface area contributed by atoms with Gasteiger partial charge in [0.15, 0.2) is 28.8 Å². The fraction of sp³-hybridized carbons (Fsp3) is 0.0169. The molecule has 0 saturated heterocycles. The second-order valence-electron chi connectivity index (χ2n) is 16.5. The van der Waals surface area contributed by atoms with Gasteiger partial charge in [-0.2, -0.15) is 0 Å². The van der Waals surface area contributed by atoms with Crippen molar-refractivity contribution in [2.75, 3.05) is 0 Å². The molecule has 0 spiro atoms. The maximum absolute atomic E-state index is 7.07. The zero-order valence-corrected chi connectivity index (χ0v) is 34.5. The Balaban J connectivity index is 0.923. The summed E-state index contributed by atoms with van der Waals surface area (Å²) in [6.07, 6.45) is 0. The molecule has 64 heavy (non-hydrogen) atoms. The predicted octanol–water partition coefficient (Wildman–Crippen LogP) is 14.8. The van der Waals surface area contributed by atoms with Gasteiger partial charge in [-0.3, -0.25) is 0 Å². The summed E-state index contributed by atoms with van der Waals surface area (Å²) in [5, 5.41) is 2.46. The highest BCUT2D eigenvalue weighted by atomic mass is 16.6. The van der Waals surface area contributed by atoms with Gasteiger partial charge < -0.3 is 14.0 Å². The lowest BCUT2D eigenvalue weighted by Gasteiger charge is -2.34. The fourth-order valence-corrected chi connectivity index (χ4v) is 10.2. The van der Waals surface area contributed by atoms with Crippen LogP contribution in [-0.2, 0) is 5.41 Å². The summed E-state index contributed by atoms with van der Waals surface area (Å²) in [7, 11) is 0. The Bertz CT molecular complexity index is 3510. The lowest BCUT2D eigenvalue weighted by atomic mass is 9.68. The summed E-state index contributed by atoms with van der Waals surface area (Å²) < 4.78 is 16.1. The molecule has 2 aromatic heterocycles. The summed E-state index contributed by atoms with van der Waals surface area (Å²) in [5.41, 5.74) is 14.2. The molecule has 3 heterocycles. The topological polar surface area (TPSA) is 49.2 Å². The molecule has 5 nitrogen and oxygen atoms in total. The van der Waals surface area contributed by atoms with E-state index in [4.69, 9.17) is 19.4 Å². The third-order valence-electron chi connectivity index (χ3n) is 13.0. The van der Waals surface area contributed by atoms with Crippen LogP contribution in [0.1, 0.15) is 22.3 Å². The molecule has 1 aliphatic carbocycles.